The molecule has 2 aliphatic carbocycles. The van der Waals surface area contributed by atoms with Gasteiger partial charge in [-0.15, -0.1) is 0 Å². The number of pyridine rings is 1. The van der Waals surface area contributed by atoms with Crippen LogP contribution in [0.15, 0.2) is 18.5 Å². The molecule has 6 heteroatoms. The quantitative estimate of drug-likeness (QED) is 0.413. The molecule has 2 heterocycles. The molecule has 5 nitrogen and oxygen atoms in total. The fraction of sp³-hybridized carbons (Fsp3) is 0.647. The summed E-state index contributed by atoms with van der Waals surface area (Å²) >= 11 is -2.82. The Balaban J connectivity index is 1.76. The van der Waals surface area contributed by atoms with Crippen molar-refractivity contribution in [1.82, 2.24) is 0 Å². The molecule has 1 saturated heterocycles. The van der Waals surface area contributed by atoms with Gasteiger partial charge >= 0.3 is 142 Å². The van der Waals surface area contributed by atoms with Crippen LogP contribution in [0.2, 0.25) is 4.47 Å². The molecule has 5 atom stereocenters. The zero-order valence-corrected chi connectivity index (χ0v) is 15.4. The summed E-state index contributed by atoms with van der Waals surface area (Å²) in [6, 6.07) is 1.83. The molecule has 1 aromatic rings. The van der Waals surface area contributed by atoms with Gasteiger partial charge in [0.2, 0.25) is 0 Å². The van der Waals surface area contributed by atoms with Gasteiger partial charge in [0.05, 0.1) is 0 Å². The van der Waals surface area contributed by atoms with Crippen molar-refractivity contribution >= 4 is 25.3 Å². The molecule has 124 valence electrons. The summed E-state index contributed by atoms with van der Waals surface area (Å²) in [6.45, 7) is 1.55. The van der Waals surface area contributed by atoms with E-state index in [1.165, 1.54) is 6.20 Å². The van der Waals surface area contributed by atoms with E-state index in [0.717, 1.165) is 35.1 Å². The number of carbonyl (C=O) groups is 1. The number of aryl methyl sites for hydroxylation is 1. The van der Waals surface area contributed by atoms with E-state index in [1.807, 2.05) is 6.07 Å². The normalized spacial score (nSPS) is 39.4. The monoisotopic (exact) mass is 433 g/mol. The molecule has 0 spiro atoms. The summed E-state index contributed by atoms with van der Waals surface area (Å²) in [5, 5.41) is 22.7. The van der Waals surface area contributed by atoms with Crippen LogP contribution < -0.4 is 4.73 Å². The Hall–Kier alpha value is -0.830. The summed E-state index contributed by atoms with van der Waals surface area (Å²) in [5.74, 6) is -0.0437. The first kappa shape index (κ1) is 15.7. The molecule has 3 aliphatic rings. The molecule has 0 radical (unpaired) electrons. The van der Waals surface area contributed by atoms with E-state index in [1.54, 1.807) is 13.1 Å². The number of rotatable bonds is 1. The standard InChI is InChI=1S/C17H21NO4Te/c1-10(19)14-4-5-15-13-3-2-11-8-18(21)7-6-12(11)16(13)23(22)9-17(14,15)20/h6-8,13-16,20H,2-5,9H2,1H3/t13-,14-,15-,16+,17-/m0/s1. The minimum absolute atomic E-state index is 0.0273. The van der Waals surface area contributed by atoms with Crippen LogP contribution >= 0.6 is 0 Å². The van der Waals surface area contributed by atoms with Gasteiger partial charge in [-0.1, -0.05) is 0 Å². The molecular weight excluding hydrogens is 410 g/mol. The Bertz CT molecular complexity index is 706. The van der Waals surface area contributed by atoms with Crippen LogP contribution in [-0.4, -0.2) is 36.0 Å². The number of Topliss-reactive ketones (excluding diaryl/α,β-unsaturated/α-hetero) is 1. The third-order valence-corrected chi connectivity index (χ3v) is 11.6. The molecule has 4 rings (SSSR count). The number of hydrogen-bond acceptors (Lipinski definition) is 4. The molecule has 1 aromatic heterocycles. The molecule has 2 fully saturated rings. The third-order valence-electron chi connectivity index (χ3n) is 6.17. The van der Waals surface area contributed by atoms with E-state index in [9.17, 15) is 18.2 Å². The topological polar surface area (TPSA) is 81.3 Å². The number of aliphatic hydroxyl groups is 1. The SMILES string of the molecule is CC(=O)[C@@H]1CC[C@H]2[C@@H]3CCc4c[n+]([O-])ccc4[C@H]3[Te](=O)C[C@]12O. The number of ketones is 1. The molecule has 1 N–H and O–H groups in total. The number of aromatic nitrogens is 1. The molecular formula is C17H21NO4Te. The van der Waals surface area contributed by atoms with Gasteiger partial charge in [0.15, 0.2) is 0 Å². The molecule has 1 saturated carbocycles. The number of hydrogen-bond donors (Lipinski definition) is 1. The van der Waals surface area contributed by atoms with E-state index in [4.69, 9.17) is 0 Å². The van der Waals surface area contributed by atoms with Crippen molar-refractivity contribution < 1.29 is 17.7 Å². The Labute approximate surface area is 142 Å². The van der Waals surface area contributed by atoms with Crippen LogP contribution in [-0.2, 0) is 14.3 Å². The average Bonchev–Trinajstić information content (AvgIpc) is 2.83. The van der Waals surface area contributed by atoms with Crippen molar-refractivity contribution in [2.45, 2.75) is 46.6 Å². The zero-order chi connectivity index (χ0) is 16.4. The summed E-state index contributed by atoms with van der Waals surface area (Å²) in [4.78, 5) is 11.9. The summed E-state index contributed by atoms with van der Waals surface area (Å²) in [5.41, 5.74) is 1.03. The summed E-state index contributed by atoms with van der Waals surface area (Å²) in [7, 11) is 0. The first-order valence-corrected chi connectivity index (χ1v) is 12.2. The van der Waals surface area contributed by atoms with Gasteiger partial charge < -0.3 is 0 Å². The number of nitrogens with zero attached hydrogens (tertiary/aromatic N) is 1. The van der Waals surface area contributed by atoms with E-state index in [2.05, 4.69) is 0 Å². The number of carbonyl (C=O) groups excluding carboxylic acids is 1. The van der Waals surface area contributed by atoms with Crippen LogP contribution in [0.1, 0.15) is 41.3 Å². The van der Waals surface area contributed by atoms with Crippen molar-refractivity contribution in [3.8, 4) is 0 Å². The Morgan fingerprint density at radius 3 is 2.96 bits per heavy atom. The first-order valence-electron chi connectivity index (χ1n) is 8.23. The predicted octanol–water partition coefficient (Wildman–Crippen LogP) is 1.29. The molecule has 1 aliphatic heterocycles. The van der Waals surface area contributed by atoms with Gasteiger partial charge in [-0.25, -0.2) is 0 Å². The number of fused-ring (bicyclic) bond motifs is 5. The second-order valence-electron chi connectivity index (χ2n) is 7.27. The fourth-order valence-electron chi connectivity index (χ4n) is 5.24. The molecule has 23 heavy (non-hydrogen) atoms. The van der Waals surface area contributed by atoms with E-state index in [-0.39, 0.29) is 27.5 Å². The summed E-state index contributed by atoms with van der Waals surface area (Å²) < 4.78 is 14.2. The summed E-state index contributed by atoms with van der Waals surface area (Å²) in [6.07, 6.45) is 6.31. The maximum atomic E-state index is 13.1. The zero-order valence-electron chi connectivity index (χ0n) is 13.1. The Morgan fingerprint density at radius 1 is 1.43 bits per heavy atom. The van der Waals surface area contributed by atoms with E-state index in [0.29, 0.717) is 10.9 Å². The van der Waals surface area contributed by atoms with Crippen LogP contribution in [0.3, 0.4) is 0 Å². The van der Waals surface area contributed by atoms with Crippen LogP contribution in [0, 0.1) is 23.0 Å². The van der Waals surface area contributed by atoms with Crippen molar-refractivity contribution in [3.05, 3.63) is 34.8 Å². The van der Waals surface area contributed by atoms with Crippen LogP contribution in [0.5, 0.6) is 0 Å². The van der Waals surface area contributed by atoms with Gasteiger partial charge in [0.25, 0.3) is 0 Å². The van der Waals surface area contributed by atoms with Gasteiger partial charge in [0, 0.05) is 0 Å². The van der Waals surface area contributed by atoms with Crippen molar-refractivity contribution in [3.63, 3.8) is 0 Å². The maximum absolute atomic E-state index is 13.1. The predicted molar refractivity (Wildman–Crippen MR) is 83.0 cm³/mol. The molecule has 0 aromatic carbocycles. The third kappa shape index (κ3) is 2.22. The van der Waals surface area contributed by atoms with E-state index < -0.39 is 25.1 Å². The van der Waals surface area contributed by atoms with Crippen molar-refractivity contribution in [2.24, 2.45) is 17.8 Å². The average molecular weight is 431 g/mol. The van der Waals surface area contributed by atoms with Gasteiger partial charge in [-0.2, -0.15) is 0 Å². The van der Waals surface area contributed by atoms with Gasteiger partial charge in [0.1, 0.15) is 0 Å². The fourth-order valence-corrected chi connectivity index (χ4v) is 11.7. The second kappa shape index (κ2) is 5.34. The van der Waals surface area contributed by atoms with Crippen molar-refractivity contribution in [2.75, 3.05) is 0 Å². The molecule has 0 unspecified atom stereocenters. The van der Waals surface area contributed by atoms with Gasteiger partial charge in [-0.3, -0.25) is 0 Å². The van der Waals surface area contributed by atoms with Crippen molar-refractivity contribution in [1.29, 1.82) is 0 Å². The van der Waals surface area contributed by atoms with Gasteiger partial charge in [-0.05, 0) is 0 Å². The minimum atomic E-state index is -2.82. The molecule has 0 amide bonds. The first-order chi connectivity index (χ1) is 10.9. The Kier molecular flexibility index (Phi) is 3.64. The second-order valence-corrected chi connectivity index (χ2v) is 11.7. The van der Waals surface area contributed by atoms with Crippen LogP contribution in [0.4, 0.5) is 0 Å². The van der Waals surface area contributed by atoms with E-state index >= 15 is 0 Å². The Morgan fingerprint density at radius 2 is 2.22 bits per heavy atom. The van der Waals surface area contributed by atoms with Crippen LogP contribution in [0.25, 0.3) is 0 Å². The molecule has 0 bridgehead atoms.